The topological polar surface area (TPSA) is 68.3 Å². The van der Waals surface area contributed by atoms with Crippen LogP contribution in [-0.4, -0.2) is 5.91 Å². The molecule has 0 aliphatic heterocycles. The van der Waals surface area contributed by atoms with Gasteiger partial charge in [-0.3, -0.25) is 4.79 Å². The molecule has 2 rings (SSSR count). The van der Waals surface area contributed by atoms with E-state index in [1.807, 2.05) is 19.9 Å². The zero-order valence-electron chi connectivity index (χ0n) is 11.7. The van der Waals surface area contributed by atoms with E-state index in [1.165, 1.54) is 6.26 Å². The smallest absolute Gasteiger partial charge is 0.255 e. The molecular formula is C15H16Cl2N2O2. The van der Waals surface area contributed by atoms with Gasteiger partial charge in [0.2, 0.25) is 0 Å². The second kappa shape index (κ2) is 6.10. The lowest BCUT2D eigenvalue weighted by Gasteiger charge is -2.27. The van der Waals surface area contributed by atoms with E-state index < -0.39 is 5.54 Å². The van der Waals surface area contributed by atoms with Crippen LogP contribution in [0.1, 0.15) is 35.5 Å². The Kier molecular flexibility index (Phi) is 4.61. The Morgan fingerprint density at radius 1 is 1.29 bits per heavy atom. The van der Waals surface area contributed by atoms with Crippen LogP contribution in [0.5, 0.6) is 0 Å². The van der Waals surface area contributed by atoms with E-state index >= 15 is 0 Å². The minimum atomic E-state index is -0.606. The van der Waals surface area contributed by atoms with Crippen LogP contribution >= 0.6 is 23.2 Å². The summed E-state index contributed by atoms with van der Waals surface area (Å²) in [7, 11) is 0. The maximum absolute atomic E-state index is 12.2. The van der Waals surface area contributed by atoms with Gasteiger partial charge in [-0.15, -0.1) is 0 Å². The van der Waals surface area contributed by atoms with Gasteiger partial charge in [-0.05, 0) is 37.6 Å². The molecule has 21 heavy (non-hydrogen) atoms. The summed E-state index contributed by atoms with van der Waals surface area (Å²) >= 11 is 11.9. The first-order valence-electron chi connectivity index (χ1n) is 6.39. The standard InChI is InChI=1S/C15H16Cl2N2O2/c1-15(2,10-3-4-12(16)13(17)6-10)19-14(20)9-5-11(7-18)21-8-9/h3-6,8H,7,18H2,1-2H3,(H,19,20). The van der Waals surface area contributed by atoms with Gasteiger partial charge in [-0.1, -0.05) is 29.3 Å². The minimum absolute atomic E-state index is 0.241. The summed E-state index contributed by atoms with van der Waals surface area (Å²) in [6.07, 6.45) is 1.39. The number of hydrogen-bond donors (Lipinski definition) is 2. The van der Waals surface area contributed by atoms with Crippen LogP contribution in [0.25, 0.3) is 0 Å². The largest absolute Gasteiger partial charge is 0.467 e. The Bertz CT molecular complexity index is 665. The first-order valence-corrected chi connectivity index (χ1v) is 7.14. The van der Waals surface area contributed by atoms with Crippen molar-refractivity contribution in [1.29, 1.82) is 0 Å². The molecule has 3 N–H and O–H groups in total. The van der Waals surface area contributed by atoms with E-state index in [0.717, 1.165) is 5.56 Å². The Morgan fingerprint density at radius 2 is 2.00 bits per heavy atom. The van der Waals surface area contributed by atoms with E-state index in [4.69, 9.17) is 33.4 Å². The van der Waals surface area contributed by atoms with E-state index in [-0.39, 0.29) is 12.5 Å². The third-order valence-electron chi connectivity index (χ3n) is 3.18. The molecule has 1 amide bonds. The van der Waals surface area contributed by atoms with Crippen LogP contribution in [0.2, 0.25) is 10.0 Å². The molecule has 2 aromatic rings. The predicted molar refractivity (Wildman–Crippen MR) is 83.6 cm³/mol. The molecule has 1 aromatic heterocycles. The van der Waals surface area contributed by atoms with Gasteiger partial charge in [0.25, 0.3) is 5.91 Å². The van der Waals surface area contributed by atoms with Crippen molar-refractivity contribution >= 4 is 29.1 Å². The second-order valence-corrected chi connectivity index (χ2v) is 6.03. The number of benzene rings is 1. The Labute approximate surface area is 133 Å². The molecule has 0 saturated carbocycles. The molecule has 1 aromatic carbocycles. The molecule has 0 unspecified atom stereocenters. The molecule has 6 heteroatoms. The fourth-order valence-electron chi connectivity index (χ4n) is 1.92. The second-order valence-electron chi connectivity index (χ2n) is 5.21. The maximum Gasteiger partial charge on any atom is 0.255 e. The fourth-order valence-corrected chi connectivity index (χ4v) is 2.22. The summed E-state index contributed by atoms with van der Waals surface area (Å²) in [5.41, 5.74) is 6.14. The molecule has 0 fully saturated rings. The molecule has 0 radical (unpaired) electrons. The summed E-state index contributed by atoms with van der Waals surface area (Å²) in [5.74, 6) is 0.321. The van der Waals surface area contributed by atoms with Gasteiger partial charge in [0.05, 0.1) is 27.7 Å². The number of nitrogens with two attached hydrogens (primary N) is 1. The Hall–Kier alpha value is -1.49. The Balaban J connectivity index is 2.19. The summed E-state index contributed by atoms with van der Waals surface area (Å²) in [5, 5.41) is 3.86. The Morgan fingerprint density at radius 3 is 2.57 bits per heavy atom. The number of amides is 1. The van der Waals surface area contributed by atoms with Crippen LogP contribution in [0, 0.1) is 0 Å². The predicted octanol–water partition coefficient (Wildman–Crippen LogP) is 3.71. The molecule has 112 valence electrons. The van der Waals surface area contributed by atoms with Gasteiger partial charge in [-0.2, -0.15) is 0 Å². The van der Waals surface area contributed by atoms with Gasteiger partial charge in [-0.25, -0.2) is 0 Å². The lowest BCUT2D eigenvalue weighted by molar-refractivity contribution is 0.0911. The van der Waals surface area contributed by atoms with E-state index in [2.05, 4.69) is 5.32 Å². The van der Waals surface area contributed by atoms with Crippen LogP contribution in [0.3, 0.4) is 0 Å². The van der Waals surface area contributed by atoms with Crippen molar-refractivity contribution in [3.8, 4) is 0 Å². The first-order chi connectivity index (χ1) is 9.83. The molecule has 0 bridgehead atoms. The third-order valence-corrected chi connectivity index (χ3v) is 3.92. The van der Waals surface area contributed by atoms with Crippen molar-refractivity contribution in [3.63, 3.8) is 0 Å². The van der Waals surface area contributed by atoms with Gasteiger partial charge < -0.3 is 15.5 Å². The highest BCUT2D eigenvalue weighted by Crippen LogP contribution is 2.28. The molecule has 0 saturated heterocycles. The molecular weight excluding hydrogens is 311 g/mol. The average molecular weight is 327 g/mol. The molecule has 0 aliphatic carbocycles. The lowest BCUT2D eigenvalue weighted by Crippen LogP contribution is -2.40. The monoisotopic (exact) mass is 326 g/mol. The molecule has 0 atom stereocenters. The fraction of sp³-hybridized carbons (Fsp3) is 0.267. The number of rotatable bonds is 4. The molecule has 4 nitrogen and oxygen atoms in total. The highest BCUT2D eigenvalue weighted by molar-refractivity contribution is 6.42. The van der Waals surface area contributed by atoms with Crippen LogP contribution < -0.4 is 11.1 Å². The van der Waals surface area contributed by atoms with Gasteiger partial charge >= 0.3 is 0 Å². The summed E-state index contributed by atoms with van der Waals surface area (Å²) < 4.78 is 5.17. The van der Waals surface area contributed by atoms with Crippen molar-refractivity contribution in [2.75, 3.05) is 0 Å². The van der Waals surface area contributed by atoms with Crippen molar-refractivity contribution < 1.29 is 9.21 Å². The normalized spacial score (nSPS) is 11.5. The quantitative estimate of drug-likeness (QED) is 0.899. The van der Waals surface area contributed by atoms with Crippen LogP contribution in [0.4, 0.5) is 0 Å². The van der Waals surface area contributed by atoms with Crippen molar-refractivity contribution in [1.82, 2.24) is 5.32 Å². The first kappa shape index (κ1) is 15.9. The number of hydrogen-bond acceptors (Lipinski definition) is 3. The SMILES string of the molecule is CC(C)(NC(=O)c1coc(CN)c1)c1ccc(Cl)c(Cl)c1. The third kappa shape index (κ3) is 3.59. The summed E-state index contributed by atoms with van der Waals surface area (Å²) in [4.78, 5) is 12.2. The number of halogens is 2. The van der Waals surface area contributed by atoms with Gasteiger partial charge in [0, 0.05) is 0 Å². The highest BCUT2D eigenvalue weighted by Gasteiger charge is 2.25. The minimum Gasteiger partial charge on any atom is -0.467 e. The lowest BCUT2D eigenvalue weighted by atomic mass is 9.94. The van der Waals surface area contributed by atoms with Crippen molar-refractivity contribution in [2.24, 2.45) is 5.73 Å². The highest BCUT2D eigenvalue weighted by atomic mass is 35.5. The van der Waals surface area contributed by atoms with Crippen molar-refractivity contribution in [2.45, 2.75) is 25.9 Å². The molecule has 0 aliphatic rings. The number of nitrogens with one attached hydrogen (secondary N) is 1. The van der Waals surface area contributed by atoms with E-state index in [0.29, 0.717) is 21.4 Å². The van der Waals surface area contributed by atoms with Gasteiger partial charge in [0.1, 0.15) is 12.0 Å². The molecule has 1 heterocycles. The average Bonchev–Trinajstić information content (AvgIpc) is 2.90. The van der Waals surface area contributed by atoms with Crippen LogP contribution in [-0.2, 0) is 12.1 Å². The summed E-state index contributed by atoms with van der Waals surface area (Å²) in [6.45, 7) is 4.02. The zero-order chi connectivity index (χ0) is 15.6. The molecule has 0 spiro atoms. The van der Waals surface area contributed by atoms with Crippen molar-refractivity contribution in [3.05, 3.63) is 57.5 Å². The zero-order valence-corrected chi connectivity index (χ0v) is 13.3. The number of carbonyl (C=O) groups is 1. The number of carbonyl (C=O) groups excluding carboxylic acids is 1. The van der Waals surface area contributed by atoms with Gasteiger partial charge in [0.15, 0.2) is 0 Å². The van der Waals surface area contributed by atoms with Crippen LogP contribution in [0.15, 0.2) is 34.9 Å². The van der Waals surface area contributed by atoms with E-state index in [1.54, 1.807) is 18.2 Å². The summed E-state index contributed by atoms with van der Waals surface area (Å²) in [6, 6.07) is 6.90. The van der Waals surface area contributed by atoms with E-state index in [9.17, 15) is 4.79 Å². The number of furan rings is 1. The maximum atomic E-state index is 12.2.